The highest BCUT2D eigenvalue weighted by molar-refractivity contribution is 7.99. The van der Waals surface area contributed by atoms with Crippen LogP contribution < -0.4 is 11.3 Å². The Bertz CT molecular complexity index is 814. The number of H-pyrrole nitrogens is 1. The minimum Gasteiger partial charge on any atom is -0.383 e. The molecule has 0 atom stereocenters. The van der Waals surface area contributed by atoms with Crippen molar-refractivity contribution in [2.75, 3.05) is 5.73 Å². The van der Waals surface area contributed by atoms with E-state index in [9.17, 15) is 4.79 Å². The number of hydrogen-bond acceptors (Lipinski definition) is 7. The number of nitrogens with one attached hydrogen (secondary N) is 1. The molecule has 3 aromatic heterocycles. The number of nitrogen functional groups attached to an aromatic ring is 1. The maximum absolute atomic E-state index is 11.3. The zero-order valence-corrected chi connectivity index (χ0v) is 10.8. The van der Waals surface area contributed by atoms with Crippen LogP contribution in [0.3, 0.4) is 0 Å². The smallest absolute Gasteiger partial charge is 0.254 e. The van der Waals surface area contributed by atoms with Gasteiger partial charge in [-0.2, -0.15) is 19.6 Å². The third kappa shape index (κ3) is 2.37. The second-order valence-corrected chi connectivity index (χ2v) is 4.86. The molecule has 3 N–H and O–H groups in total. The van der Waals surface area contributed by atoms with Crippen LogP contribution in [0.5, 0.6) is 0 Å². The number of rotatable bonds is 2. The van der Waals surface area contributed by atoms with Gasteiger partial charge in [0.15, 0.2) is 5.16 Å². The molecule has 0 aliphatic rings. The van der Waals surface area contributed by atoms with Gasteiger partial charge in [0, 0.05) is 12.1 Å². The Hall–Kier alpha value is -2.13. The molecule has 96 valence electrons. The lowest BCUT2D eigenvalue weighted by atomic mass is 10.6. The highest BCUT2D eigenvalue weighted by Gasteiger charge is 2.10. The Kier molecular flexibility index (Phi) is 2.84. The van der Waals surface area contributed by atoms with E-state index >= 15 is 0 Å². The summed E-state index contributed by atoms with van der Waals surface area (Å²) in [5, 5.41) is 5.24. The Labute approximate surface area is 115 Å². The van der Waals surface area contributed by atoms with E-state index in [1.807, 2.05) is 0 Å². The second kappa shape index (κ2) is 4.52. The summed E-state index contributed by atoms with van der Waals surface area (Å²) in [6.07, 6.45) is 1.36. The fourth-order valence-corrected chi connectivity index (χ4v) is 2.56. The highest BCUT2D eigenvalue weighted by Crippen LogP contribution is 2.25. The van der Waals surface area contributed by atoms with Gasteiger partial charge < -0.3 is 10.7 Å². The van der Waals surface area contributed by atoms with Crippen molar-refractivity contribution in [3.8, 4) is 0 Å². The van der Waals surface area contributed by atoms with Crippen molar-refractivity contribution in [3.63, 3.8) is 0 Å². The summed E-state index contributed by atoms with van der Waals surface area (Å²) < 4.78 is 1.49. The van der Waals surface area contributed by atoms with Crippen molar-refractivity contribution in [2.24, 2.45) is 0 Å². The van der Waals surface area contributed by atoms with Crippen molar-refractivity contribution in [1.82, 2.24) is 29.5 Å². The molecule has 0 bridgehead atoms. The molecule has 8 nitrogen and oxygen atoms in total. The molecule has 3 rings (SSSR count). The third-order valence-corrected chi connectivity index (χ3v) is 3.21. The number of aromatic nitrogens is 6. The average Bonchev–Trinajstić information content (AvgIpc) is 2.75. The van der Waals surface area contributed by atoms with Crippen LogP contribution in [0.4, 0.5) is 5.82 Å². The number of anilines is 1. The summed E-state index contributed by atoms with van der Waals surface area (Å²) in [6.45, 7) is 0. The second-order valence-electron chi connectivity index (χ2n) is 3.47. The van der Waals surface area contributed by atoms with Gasteiger partial charge >= 0.3 is 0 Å². The first-order chi connectivity index (χ1) is 9.11. The number of nitrogens with zero attached hydrogens (tertiary/aromatic N) is 5. The summed E-state index contributed by atoms with van der Waals surface area (Å²) in [6, 6.07) is 2.80. The van der Waals surface area contributed by atoms with Crippen molar-refractivity contribution in [2.45, 2.75) is 10.2 Å². The molecule has 0 aliphatic carbocycles. The van der Waals surface area contributed by atoms with Crippen LogP contribution in [0.1, 0.15) is 0 Å². The summed E-state index contributed by atoms with van der Waals surface area (Å²) >= 11 is 7.04. The van der Waals surface area contributed by atoms with Gasteiger partial charge in [-0.05, 0) is 11.8 Å². The summed E-state index contributed by atoms with van der Waals surface area (Å²) in [7, 11) is 0. The molecule has 10 heteroatoms. The number of hydrogen-bond donors (Lipinski definition) is 2. The standard InChI is InChI=1S/C9H6ClN7OS/c10-4-1-7(17-8(14-4)12-3-13-17)19-9-15-5(11)2-6(18)16-9/h1-3H,(H3,11,15,16,18). The molecule has 0 saturated heterocycles. The molecule has 0 amide bonds. The van der Waals surface area contributed by atoms with E-state index in [0.29, 0.717) is 16.0 Å². The Balaban J connectivity index is 2.09. The molecule has 0 spiro atoms. The molecule has 0 unspecified atom stereocenters. The molecule has 0 fully saturated rings. The maximum Gasteiger partial charge on any atom is 0.254 e. The number of fused-ring (bicyclic) bond motifs is 1. The van der Waals surface area contributed by atoms with Crippen LogP contribution in [0.2, 0.25) is 5.15 Å². The van der Waals surface area contributed by atoms with E-state index in [2.05, 4.69) is 25.0 Å². The van der Waals surface area contributed by atoms with Gasteiger partial charge in [0.1, 0.15) is 22.3 Å². The zero-order valence-electron chi connectivity index (χ0n) is 9.24. The lowest BCUT2D eigenvalue weighted by Gasteiger charge is -2.03. The molecule has 3 aromatic rings. The predicted octanol–water partition coefficient (Wildman–Crippen LogP) is 0.594. The topological polar surface area (TPSA) is 115 Å². The van der Waals surface area contributed by atoms with Crippen LogP contribution in [0, 0.1) is 0 Å². The fourth-order valence-electron chi connectivity index (χ4n) is 1.43. The SMILES string of the molecule is Nc1cc(=O)[nH]c(Sc2cc(Cl)nc3ncnn23)n1. The van der Waals surface area contributed by atoms with Crippen molar-refractivity contribution >= 4 is 35.0 Å². The van der Waals surface area contributed by atoms with Crippen LogP contribution in [0.25, 0.3) is 5.78 Å². The molecule has 3 heterocycles. The van der Waals surface area contributed by atoms with Gasteiger partial charge in [-0.3, -0.25) is 4.79 Å². The Morgan fingerprint density at radius 3 is 3.00 bits per heavy atom. The predicted molar refractivity (Wildman–Crippen MR) is 69.2 cm³/mol. The third-order valence-electron chi connectivity index (χ3n) is 2.13. The van der Waals surface area contributed by atoms with Crippen LogP contribution in [0.15, 0.2) is 33.4 Å². The molecule has 0 saturated carbocycles. The lowest BCUT2D eigenvalue weighted by molar-refractivity contribution is 0.835. The monoisotopic (exact) mass is 295 g/mol. The van der Waals surface area contributed by atoms with Gasteiger partial charge in [-0.1, -0.05) is 11.6 Å². The highest BCUT2D eigenvalue weighted by atomic mass is 35.5. The zero-order chi connectivity index (χ0) is 13.4. The van der Waals surface area contributed by atoms with Gasteiger partial charge in [0.25, 0.3) is 11.3 Å². The van der Waals surface area contributed by atoms with Gasteiger partial charge in [-0.25, -0.2) is 4.98 Å². The quantitative estimate of drug-likeness (QED) is 0.525. The molecular formula is C9H6ClN7OS. The van der Waals surface area contributed by atoms with E-state index < -0.39 is 0 Å². The van der Waals surface area contributed by atoms with Crippen LogP contribution in [-0.2, 0) is 0 Å². The first-order valence-corrected chi connectivity index (χ1v) is 6.22. The Morgan fingerprint density at radius 1 is 1.37 bits per heavy atom. The van der Waals surface area contributed by atoms with E-state index in [1.165, 1.54) is 16.9 Å². The van der Waals surface area contributed by atoms with E-state index in [0.717, 1.165) is 11.8 Å². The maximum atomic E-state index is 11.3. The minimum atomic E-state index is -0.329. The van der Waals surface area contributed by atoms with Gasteiger partial charge in [0.2, 0.25) is 0 Å². The van der Waals surface area contributed by atoms with Crippen molar-refractivity contribution < 1.29 is 0 Å². The average molecular weight is 296 g/mol. The van der Waals surface area contributed by atoms with Crippen molar-refractivity contribution in [3.05, 3.63) is 34.0 Å². The normalized spacial score (nSPS) is 11.0. The largest absolute Gasteiger partial charge is 0.383 e. The number of halogens is 1. The van der Waals surface area contributed by atoms with E-state index in [-0.39, 0.29) is 16.5 Å². The summed E-state index contributed by atoms with van der Waals surface area (Å²) in [5.41, 5.74) is 5.19. The molecule has 0 radical (unpaired) electrons. The fraction of sp³-hybridized carbons (Fsp3) is 0. The van der Waals surface area contributed by atoms with Crippen molar-refractivity contribution in [1.29, 1.82) is 0 Å². The van der Waals surface area contributed by atoms with Crippen LogP contribution in [-0.4, -0.2) is 29.5 Å². The molecule has 0 aliphatic heterocycles. The number of aromatic amines is 1. The van der Waals surface area contributed by atoms with Gasteiger partial charge in [-0.15, -0.1) is 0 Å². The van der Waals surface area contributed by atoms with Gasteiger partial charge in [0.05, 0.1) is 0 Å². The van der Waals surface area contributed by atoms with Crippen LogP contribution >= 0.6 is 23.4 Å². The van der Waals surface area contributed by atoms with E-state index in [1.54, 1.807) is 6.07 Å². The molecule has 19 heavy (non-hydrogen) atoms. The first-order valence-electron chi connectivity index (χ1n) is 5.03. The minimum absolute atomic E-state index is 0.140. The Morgan fingerprint density at radius 2 is 2.21 bits per heavy atom. The van der Waals surface area contributed by atoms with E-state index in [4.69, 9.17) is 17.3 Å². The summed E-state index contributed by atoms with van der Waals surface area (Å²) in [5.74, 6) is 0.502. The summed E-state index contributed by atoms with van der Waals surface area (Å²) in [4.78, 5) is 25.8. The first kappa shape index (κ1) is 11.9. The molecule has 0 aromatic carbocycles. The lowest BCUT2D eigenvalue weighted by Crippen LogP contribution is -2.09. The molecular weight excluding hydrogens is 290 g/mol. The number of nitrogens with two attached hydrogens (primary N) is 1.